The largest absolute Gasteiger partial charge is 0.438 e. The van der Waals surface area contributed by atoms with Crippen LogP contribution in [0.25, 0.3) is 28.1 Å². The van der Waals surface area contributed by atoms with Crippen LogP contribution >= 0.6 is 7.14 Å². The number of nitrogens with one attached hydrogen (secondary N) is 1. The Bertz CT molecular complexity index is 3260. The number of halogens is 1. The lowest BCUT2D eigenvalue weighted by Crippen LogP contribution is -2.41. The number of nitrogens with zero attached hydrogens (tertiary/aromatic N) is 7. The summed E-state index contributed by atoms with van der Waals surface area (Å²) in [6.45, 7) is 17.2. The van der Waals surface area contributed by atoms with Crippen LogP contribution in [0.3, 0.4) is 0 Å². The Morgan fingerprint density at radius 2 is 1.61 bits per heavy atom. The topological polar surface area (TPSA) is 155 Å². The summed E-state index contributed by atoms with van der Waals surface area (Å²) in [5, 5.41) is 11.1. The number of fused-ring (bicyclic) bond motifs is 2. The summed E-state index contributed by atoms with van der Waals surface area (Å²) in [6.07, 6.45) is 8.08. The van der Waals surface area contributed by atoms with Gasteiger partial charge in [0.05, 0.1) is 23.1 Å². The lowest BCUT2D eigenvalue weighted by atomic mass is 9.91. The second-order valence-corrected chi connectivity index (χ2v) is 22.4. The second kappa shape index (κ2) is 16.6. The van der Waals surface area contributed by atoms with Crippen LogP contribution in [-0.4, -0.2) is 76.5 Å². The van der Waals surface area contributed by atoms with Crippen LogP contribution in [0.4, 0.5) is 4.39 Å². The fourth-order valence-electron chi connectivity index (χ4n) is 11.3. The van der Waals surface area contributed by atoms with E-state index in [2.05, 4.69) is 39.8 Å². The zero-order valence-electron chi connectivity index (χ0n) is 39.5. The Morgan fingerprint density at radius 3 is 2.25 bits per heavy atom. The first kappa shape index (κ1) is 44.8. The van der Waals surface area contributed by atoms with Crippen molar-refractivity contribution in [2.75, 3.05) is 32.1 Å². The van der Waals surface area contributed by atoms with Crippen molar-refractivity contribution in [3.05, 3.63) is 138 Å². The molecule has 3 aliphatic rings. The molecule has 0 unspecified atom stereocenters. The molecule has 1 saturated heterocycles. The molecule has 1 amide bonds. The van der Waals surface area contributed by atoms with Gasteiger partial charge in [0.15, 0.2) is 5.82 Å². The van der Waals surface area contributed by atoms with Gasteiger partial charge in [0.25, 0.3) is 5.91 Å². The van der Waals surface area contributed by atoms with Crippen molar-refractivity contribution in [1.29, 1.82) is 0 Å². The average Bonchev–Trinajstić information content (AvgIpc) is 3.82. The maximum atomic E-state index is 15.6. The lowest BCUT2D eigenvalue weighted by Gasteiger charge is -2.34. The van der Waals surface area contributed by atoms with Crippen molar-refractivity contribution in [3.63, 3.8) is 0 Å². The molecule has 0 spiro atoms. The number of H-pyrrole nitrogens is 1. The monoisotopic (exact) mass is 928 g/mol. The van der Waals surface area contributed by atoms with Gasteiger partial charge in [0, 0.05) is 72.7 Å². The molecule has 2 aliphatic heterocycles. The molecular formula is C51H58FN8O6P. The van der Waals surface area contributed by atoms with Gasteiger partial charge >= 0.3 is 11.4 Å². The van der Waals surface area contributed by atoms with E-state index in [4.69, 9.17) is 14.4 Å². The second-order valence-electron chi connectivity index (χ2n) is 18.9. The number of aromatic amines is 1. The highest BCUT2D eigenvalue weighted by atomic mass is 31.2. The summed E-state index contributed by atoms with van der Waals surface area (Å²) < 4.78 is 47.0. The number of hydrogen-bond donors (Lipinski definition) is 1. The summed E-state index contributed by atoms with van der Waals surface area (Å²) in [6, 6.07) is 15.2. The molecule has 3 aromatic carbocycles. The van der Waals surface area contributed by atoms with Crippen molar-refractivity contribution in [2.45, 2.75) is 105 Å². The average molecular weight is 929 g/mol. The van der Waals surface area contributed by atoms with Crippen molar-refractivity contribution >= 4 is 29.3 Å². The molecule has 4 aromatic heterocycles. The Kier molecular flexibility index (Phi) is 11.1. The third-order valence-corrected chi connectivity index (χ3v) is 18.6. The molecule has 1 aliphatic carbocycles. The quantitative estimate of drug-likeness (QED) is 0.127. The van der Waals surface area contributed by atoms with Crippen LogP contribution in [0.5, 0.6) is 0 Å². The minimum atomic E-state index is -2.63. The van der Waals surface area contributed by atoms with Gasteiger partial charge in [-0.25, -0.2) is 18.7 Å². The summed E-state index contributed by atoms with van der Waals surface area (Å²) in [7, 11) is -2.63. The van der Waals surface area contributed by atoms with E-state index in [0.29, 0.717) is 103 Å². The smallest absolute Gasteiger partial charge is 0.381 e. The van der Waals surface area contributed by atoms with Crippen molar-refractivity contribution in [1.82, 2.24) is 38.5 Å². The standard InChI is InChI=1S/C51H58FN8O6P/c1-9-34-26-38(24-31(6)45(34)67(64,10-2)11-3)57-18-19-58(50(57)63)46-43-33(8)56(17-14-40(43)54-60(46)39-22-29(4)44(52)30(5)23-39)47(61)42-27-37-25-36(35-15-20-65-21-16-35)12-13-41(37)59(42)51(28-32(51)7)48-53-49(62)66-55-48/h12-13,18-19,22-27,32-33,35H,9-11,14-17,20-21,28H2,1-8H3,(H,53,55,62)/t32-,33-,51-/m0/s1. The normalized spacial score (nSPS) is 19.9. The van der Waals surface area contributed by atoms with E-state index in [1.807, 2.05) is 57.7 Å². The van der Waals surface area contributed by atoms with Gasteiger partial charge in [-0.3, -0.25) is 23.4 Å². The van der Waals surface area contributed by atoms with E-state index < -0.39 is 24.5 Å². The first-order valence-corrected chi connectivity index (χ1v) is 25.7. The van der Waals surface area contributed by atoms with Crippen LogP contribution in [0.1, 0.15) is 121 Å². The molecule has 16 heteroatoms. The van der Waals surface area contributed by atoms with E-state index in [0.717, 1.165) is 45.9 Å². The minimum absolute atomic E-state index is 0.0236. The number of amides is 1. The Morgan fingerprint density at radius 1 is 0.925 bits per heavy atom. The Balaban J connectivity index is 1.12. The number of carbonyl (C=O) groups is 1. The summed E-state index contributed by atoms with van der Waals surface area (Å²) in [5.41, 5.74) is 6.69. The third-order valence-electron chi connectivity index (χ3n) is 15.1. The SMILES string of the molecule is CCc1cc(-n2ccn(-c3c4c(nn3-c3cc(C)c(F)c(C)c3)CCN(C(=O)c3cc5cc(C6CCOCC6)ccc5n3[C@@]3(c5noc(=O)[nH]5)C[C@@H]3C)[C@H]4C)c2=O)cc(C)c1P(=O)(CC)CC. The van der Waals surface area contributed by atoms with Gasteiger partial charge < -0.3 is 18.8 Å². The molecule has 0 radical (unpaired) electrons. The zero-order chi connectivity index (χ0) is 47.3. The highest BCUT2D eigenvalue weighted by Gasteiger charge is 2.59. The summed E-state index contributed by atoms with van der Waals surface area (Å²) >= 11 is 0. The van der Waals surface area contributed by atoms with Crippen molar-refractivity contribution in [2.24, 2.45) is 5.92 Å². The predicted molar refractivity (Wildman–Crippen MR) is 256 cm³/mol. The summed E-state index contributed by atoms with van der Waals surface area (Å²) in [5.74, 6) is -0.0104. The maximum Gasteiger partial charge on any atom is 0.438 e. The molecule has 3 atom stereocenters. The van der Waals surface area contributed by atoms with Gasteiger partial charge in [-0.1, -0.05) is 38.9 Å². The number of carbonyl (C=O) groups excluding carboxylic acids is 1. The number of rotatable bonds is 11. The van der Waals surface area contributed by atoms with Crippen molar-refractivity contribution < 1.29 is 23.0 Å². The van der Waals surface area contributed by atoms with Gasteiger partial charge in [0.1, 0.15) is 30.0 Å². The minimum Gasteiger partial charge on any atom is -0.381 e. The fraction of sp³-hybridized carbons (Fsp3) is 0.431. The molecule has 6 heterocycles. The van der Waals surface area contributed by atoms with E-state index >= 15 is 9.18 Å². The van der Waals surface area contributed by atoms with E-state index in [1.54, 1.807) is 52.2 Å². The van der Waals surface area contributed by atoms with Crippen LogP contribution in [-0.2, 0) is 27.7 Å². The highest BCUT2D eigenvalue weighted by molar-refractivity contribution is 7.71. The van der Waals surface area contributed by atoms with E-state index in [9.17, 15) is 14.2 Å². The van der Waals surface area contributed by atoms with Crippen molar-refractivity contribution in [3.8, 4) is 17.2 Å². The molecule has 2 fully saturated rings. The number of imidazole rings is 1. The predicted octanol–water partition coefficient (Wildman–Crippen LogP) is 8.54. The highest BCUT2D eigenvalue weighted by Crippen LogP contribution is 2.56. The molecule has 1 N–H and O–H groups in total. The molecule has 1 saturated carbocycles. The van der Waals surface area contributed by atoms with Crippen LogP contribution in [0.15, 0.2) is 75.0 Å². The first-order valence-electron chi connectivity index (χ1n) is 23.7. The molecule has 67 heavy (non-hydrogen) atoms. The molecule has 0 bridgehead atoms. The van der Waals surface area contributed by atoms with Crippen LogP contribution < -0.4 is 16.8 Å². The van der Waals surface area contributed by atoms with Gasteiger partial charge in [-0.15, -0.1) is 0 Å². The zero-order valence-corrected chi connectivity index (χ0v) is 40.4. The molecule has 10 rings (SSSR count). The molecular weight excluding hydrogens is 871 g/mol. The Labute approximate surface area is 388 Å². The van der Waals surface area contributed by atoms with Crippen LogP contribution in [0.2, 0.25) is 0 Å². The molecule has 350 valence electrons. The van der Waals surface area contributed by atoms with Gasteiger partial charge in [-0.2, -0.15) is 5.10 Å². The number of aryl methyl sites for hydroxylation is 4. The lowest BCUT2D eigenvalue weighted by molar-refractivity contribution is 0.0663. The van der Waals surface area contributed by atoms with Crippen LogP contribution in [0, 0.1) is 32.5 Å². The number of hydrogen-bond acceptors (Lipinski definition) is 8. The third kappa shape index (κ3) is 7.05. The molecule has 14 nitrogen and oxygen atoms in total. The summed E-state index contributed by atoms with van der Waals surface area (Å²) in [4.78, 5) is 47.6. The Hall–Kier alpha value is -6.05. The first-order chi connectivity index (χ1) is 32.1. The number of benzene rings is 3. The van der Waals surface area contributed by atoms with Gasteiger partial charge in [-0.05, 0) is 135 Å². The number of aromatic nitrogens is 7. The molecule has 7 aromatic rings. The van der Waals surface area contributed by atoms with E-state index in [1.165, 1.54) is 5.56 Å². The van der Waals surface area contributed by atoms with Gasteiger partial charge in [0.2, 0.25) is 0 Å². The maximum absolute atomic E-state index is 15.6. The van der Waals surface area contributed by atoms with E-state index in [-0.39, 0.29) is 23.3 Å². The fourth-order valence-corrected chi connectivity index (χ4v) is 13.8. The number of ether oxygens (including phenoxy) is 1.